The molecule has 2 heterocycles. The van der Waals surface area contributed by atoms with Crippen LogP contribution in [0.5, 0.6) is 0 Å². The van der Waals surface area contributed by atoms with Gasteiger partial charge in [0.25, 0.3) is 0 Å². The van der Waals surface area contributed by atoms with E-state index in [0.29, 0.717) is 0 Å². The third kappa shape index (κ3) is 3.72. The van der Waals surface area contributed by atoms with Crippen LogP contribution in [0.4, 0.5) is 10.2 Å². The molecule has 1 aromatic heterocycles. The van der Waals surface area contributed by atoms with E-state index in [2.05, 4.69) is 15.4 Å². The van der Waals surface area contributed by atoms with Gasteiger partial charge in [0.05, 0.1) is 5.02 Å². The number of halogens is 2. The number of ether oxygens (including phenoxy) is 1. The summed E-state index contributed by atoms with van der Waals surface area (Å²) in [5, 5.41) is -0.0920. The first-order valence-electron chi connectivity index (χ1n) is 6.12. The summed E-state index contributed by atoms with van der Waals surface area (Å²) < 4.78 is 35.2. The number of anilines is 1. The fraction of sp³-hybridized carbons (Fsp3) is 0.455. The molecule has 23 heavy (non-hydrogen) atoms. The quantitative estimate of drug-likeness (QED) is 0.512. The molecule has 1 fully saturated rings. The molecular formula is C11H12ClFN3O6P. The van der Waals surface area contributed by atoms with Crippen molar-refractivity contribution in [2.24, 2.45) is 0 Å². The number of nitrogen functional groups attached to an aromatic ring is 1. The zero-order chi connectivity index (χ0) is 17.5. The van der Waals surface area contributed by atoms with Crippen LogP contribution in [0.1, 0.15) is 12.8 Å². The fourth-order valence-corrected chi connectivity index (χ4v) is 2.59. The Morgan fingerprint density at radius 3 is 2.87 bits per heavy atom. The molecule has 0 spiro atoms. The van der Waals surface area contributed by atoms with Crippen LogP contribution < -0.4 is 11.4 Å². The van der Waals surface area contributed by atoms with Crippen LogP contribution in [0.25, 0.3) is 0 Å². The van der Waals surface area contributed by atoms with Gasteiger partial charge in [-0.25, -0.2) is 13.8 Å². The van der Waals surface area contributed by atoms with Gasteiger partial charge in [-0.2, -0.15) is 4.98 Å². The van der Waals surface area contributed by atoms with Crippen molar-refractivity contribution >= 4 is 25.2 Å². The molecule has 2 rings (SSSR count). The molecule has 2 atom stereocenters. The smallest absolute Gasteiger partial charge is 0.382 e. The zero-order valence-electron chi connectivity index (χ0n) is 11.5. The lowest BCUT2D eigenvalue weighted by Gasteiger charge is -2.28. The molecule has 1 aliphatic heterocycles. The third-order valence-electron chi connectivity index (χ3n) is 3.16. The van der Waals surface area contributed by atoms with E-state index in [4.69, 9.17) is 38.3 Å². The van der Waals surface area contributed by atoms with E-state index in [1.54, 1.807) is 0 Å². The lowest BCUT2D eigenvalue weighted by Crippen LogP contribution is -2.43. The third-order valence-corrected chi connectivity index (χ3v) is 3.92. The Kier molecular flexibility index (Phi) is 4.56. The minimum Gasteiger partial charge on any atom is -0.382 e. The largest absolute Gasteiger partial charge is 0.469 e. The van der Waals surface area contributed by atoms with Gasteiger partial charge < -0.3 is 20.3 Å². The van der Waals surface area contributed by atoms with Crippen LogP contribution >= 0.6 is 19.4 Å². The number of hydrogen-bond acceptors (Lipinski definition) is 6. The molecule has 9 nitrogen and oxygen atoms in total. The molecule has 0 amide bonds. The highest BCUT2D eigenvalue weighted by Gasteiger charge is 2.52. The topological polar surface area (TPSA) is 137 Å². The summed E-state index contributed by atoms with van der Waals surface area (Å²) in [6, 6.07) is 0. The van der Waals surface area contributed by atoms with Crippen molar-refractivity contribution in [3.8, 4) is 12.3 Å². The van der Waals surface area contributed by atoms with Crippen molar-refractivity contribution in [2.45, 2.75) is 24.4 Å². The lowest BCUT2D eigenvalue weighted by atomic mass is 10.1. The molecule has 1 aliphatic rings. The van der Waals surface area contributed by atoms with Gasteiger partial charge in [0.15, 0.2) is 0 Å². The van der Waals surface area contributed by atoms with Gasteiger partial charge >= 0.3 is 13.5 Å². The van der Waals surface area contributed by atoms with Crippen molar-refractivity contribution in [1.82, 2.24) is 9.55 Å². The zero-order valence-corrected chi connectivity index (χ0v) is 13.1. The number of aromatic nitrogens is 2. The Morgan fingerprint density at radius 2 is 2.30 bits per heavy atom. The number of nitrogens with zero attached hydrogens (tertiary/aromatic N) is 2. The Morgan fingerprint density at radius 1 is 1.65 bits per heavy atom. The summed E-state index contributed by atoms with van der Waals surface area (Å²) in [4.78, 5) is 32.6. The first-order valence-corrected chi connectivity index (χ1v) is 8.03. The average molecular weight is 368 g/mol. The summed E-state index contributed by atoms with van der Waals surface area (Å²) in [5.74, 6) is -0.679. The first kappa shape index (κ1) is 17.9. The second kappa shape index (κ2) is 5.87. The number of alkyl halides is 1. The van der Waals surface area contributed by atoms with Crippen LogP contribution in [0.3, 0.4) is 0 Å². The van der Waals surface area contributed by atoms with Crippen LogP contribution in [-0.2, 0) is 19.6 Å². The molecule has 0 saturated carbocycles. The summed E-state index contributed by atoms with van der Waals surface area (Å²) >= 11 is 5.78. The average Bonchev–Trinajstić information content (AvgIpc) is 2.80. The summed E-state index contributed by atoms with van der Waals surface area (Å²) in [7, 11) is -4.90. The minimum absolute atomic E-state index is 0.0920. The van der Waals surface area contributed by atoms with Gasteiger partial charge in [0.2, 0.25) is 11.6 Å². The lowest BCUT2D eigenvalue weighted by molar-refractivity contribution is -0.201. The number of nitrogens with two attached hydrogens (primary N) is 1. The Balaban J connectivity index is 2.35. The number of hydrogen-bond donors (Lipinski definition) is 3. The predicted octanol–water partition coefficient (Wildman–Crippen LogP) is 0.350. The second-order valence-corrected chi connectivity index (χ2v) is 6.45. The Bertz CT molecular complexity index is 776. The van der Waals surface area contributed by atoms with E-state index in [9.17, 15) is 13.8 Å². The summed E-state index contributed by atoms with van der Waals surface area (Å²) in [6.07, 6.45) is 5.88. The molecular weight excluding hydrogens is 356 g/mol. The minimum atomic E-state index is -4.90. The van der Waals surface area contributed by atoms with Gasteiger partial charge in [0, 0.05) is 19.0 Å². The van der Waals surface area contributed by atoms with Gasteiger partial charge in [-0.1, -0.05) is 11.6 Å². The van der Waals surface area contributed by atoms with Crippen LogP contribution in [0.15, 0.2) is 11.0 Å². The van der Waals surface area contributed by atoms with Crippen LogP contribution in [0, 0.1) is 12.3 Å². The van der Waals surface area contributed by atoms with E-state index in [1.807, 2.05) is 0 Å². The normalized spacial score (nSPS) is 27.8. The molecule has 0 unspecified atom stereocenters. The highest BCUT2D eigenvalue weighted by molar-refractivity contribution is 7.46. The van der Waals surface area contributed by atoms with E-state index >= 15 is 0 Å². The van der Waals surface area contributed by atoms with Crippen molar-refractivity contribution in [1.29, 1.82) is 0 Å². The molecule has 0 aliphatic carbocycles. The molecule has 12 heteroatoms. The van der Waals surface area contributed by atoms with Gasteiger partial charge in [-0.15, -0.1) is 6.42 Å². The van der Waals surface area contributed by atoms with E-state index in [0.717, 1.165) is 10.8 Å². The van der Waals surface area contributed by atoms with Crippen molar-refractivity contribution in [3.63, 3.8) is 0 Å². The maximum absolute atomic E-state index is 14.5. The number of terminal acetylenes is 1. The van der Waals surface area contributed by atoms with Gasteiger partial charge in [-0.3, -0.25) is 9.09 Å². The highest BCUT2D eigenvalue weighted by Crippen LogP contribution is 2.45. The standard InChI is InChI=1S/C11H12ClFN3O6P/c1-2-11(16-5-7(12)8(14)15-9(16)17)4-3-10(13,22-11)6-21-23(18,19)20/h1,5H,3-4,6H2,(H2,14,15,17)(H2,18,19,20)/t10-,11+/m0/s1. The molecule has 0 aromatic carbocycles. The monoisotopic (exact) mass is 367 g/mol. The number of rotatable bonds is 4. The maximum Gasteiger partial charge on any atom is 0.469 e. The maximum atomic E-state index is 14.5. The van der Waals surface area contributed by atoms with Crippen molar-refractivity contribution in [2.75, 3.05) is 12.3 Å². The Labute approximate surface area is 134 Å². The summed E-state index contributed by atoms with van der Waals surface area (Å²) in [5.41, 5.74) is 2.61. The molecule has 126 valence electrons. The fourth-order valence-electron chi connectivity index (χ4n) is 2.09. The molecule has 4 N–H and O–H groups in total. The van der Waals surface area contributed by atoms with Gasteiger partial charge in [0.1, 0.15) is 12.4 Å². The molecule has 0 bridgehead atoms. The number of phosphoric acid groups is 1. The van der Waals surface area contributed by atoms with Crippen LogP contribution in [0.2, 0.25) is 5.02 Å². The van der Waals surface area contributed by atoms with E-state index in [-0.39, 0.29) is 23.7 Å². The van der Waals surface area contributed by atoms with Crippen LogP contribution in [-0.4, -0.2) is 31.8 Å². The number of phosphoric ester groups is 1. The molecule has 1 aromatic rings. The summed E-state index contributed by atoms with van der Waals surface area (Å²) in [6.45, 7) is -1.06. The van der Waals surface area contributed by atoms with Crippen molar-refractivity contribution in [3.05, 3.63) is 21.7 Å². The first-order chi connectivity index (χ1) is 10.5. The van der Waals surface area contributed by atoms with E-state index in [1.165, 1.54) is 0 Å². The molecule has 0 radical (unpaired) electrons. The SMILES string of the molecule is C#C[C@]1(n2cc(Cl)c(N)nc2=O)CC[C@@](F)(COP(=O)(O)O)O1. The Hall–Kier alpha value is -1.47. The van der Waals surface area contributed by atoms with E-state index < -0.39 is 31.7 Å². The molecule has 1 saturated heterocycles. The van der Waals surface area contributed by atoms with Gasteiger partial charge in [-0.05, 0) is 5.92 Å². The second-order valence-electron chi connectivity index (χ2n) is 4.80. The predicted molar refractivity (Wildman–Crippen MR) is 76.9 cm³/mol. The van der Waals surface area contributed by atoms with Crippen molar-refractivity contribution < 1.29 is 28.0 Å². The highest BCUT2D eigenvalue weighted by atomic mass is 35.5.